The Kier molecular flexibility index (Phi) is 4.34. The molecule has 1 aromatic carbocycles. The summed E-state index contributed by atoms with van der Waals surface area (Å²) in [6, 6.07) is 10.7. The lowest BCUT2D eigenvalue weighted by Gasteiger charge is -2.32. The van der Waals surface area contributed by atoms with Crippen molar-refractivity contribution in [2.75, 3.05) is 18.4 Å². The highest BCUT2D eigenvalue weighted by atomic mass is 19.1. The molecule has 0 bridgehead atoms. The van der Waals surface area contributed by atoms with E-state index in [0.29, 0.717) is 6.04 Å². The molecule has 2 aromatic rings. The molecule has 1 aliphatic heterocycles. The van der Waals surface area contributed by atoms with Crippen LogP contribution < -0.4 is 5.32 Å². The number of nitrogens with zero attached hydrogens (tertiary/aromatic N) is 3. The van der Waals surface area contributed by atoms with Crippen molar-refractivity contribution in [3.8, 4) is 0 Å². The molecule has 5 nitrogen and oxygen atoms in total. The minimum atomic E-state index is -0.230. The third-order valence-corrected chi connectivity index (χ3v) is 5.12. The van der Waals surface area contributed by atoms with E-state index in [1.807, 2.05) is 23.1 Å². The first-order valence-electron chi connectivity index (χ1n) is 8.79. The molecule has 1 N–H and O–H groups in total. The lowest BCUT2D eigenvalue weighted by Crippen LogP contribution is -2.43. The number of amides is 1. The molecule has 1 amide bonds. The Labute approximate surface area is 146 Å². The summed E-state index contributed by atoms with van der Waals surface area (Å²) in [5.74, 6) is 0.962. The maximum absolute atomic E-state index is 13.3. The summed E-state index contributed by atoms with van der Waals surface area (Å²) in [7, 11) is 0. The Balaban J connectivity index is 1.29. The van der Waals surface area contributed by atoms with Crippen molar-refractivity contribution in [3.63, 3.8) is 0 Å². The second-order valence-electron chi connectivity index (χ2n) is 6.86. The maximum Gasteiger partial charge on any atom is 0.226 e. The number of halogens is 1. The summed E-state index contributed by atoms with van der Waals surface area (Å²) in [5, 5.41) is 11.3. The van der Waals surface area contributed by atoms with Gasteiger partial charge < -0.3 is 10.2 Å². The number of carbonyl (C=O) groups excluding carboxylic acids is 1. The van der Waals surface area contributed by atoms with E-state index < -0.39 is 0 Å². The van der Waals surface area contributed by atoms with Crippen LogP contribution in [0.2, 0.25) is 0 Å². The van der Waals surface area contributed by atoms with Gasteiger partial charge in [-0.3, -0.25) is 4.79 Å². The van der Waals surface area contributed by atoms with Crippen LogP contribution in [0.4, 0.5) is 10.2 Å². The molecule has 0 radical (unpaired) electrons. The number of benzene rings is 1. The summed E-state index contributed by atoms with van der Waals surface area (Å²) in [5.41, 5.74) is 0.942. The third kappa shape index (κ3) is 3.62. The average Bonchev–Trinajstić information content (AvgIpc) is 3.43. The molecule has 0 unspecified atom stereocenters. The highest BCUT2D eigenvalue weighted by molar-refractivity contribution is 5.83. The predicted octanol–water partition coefficient (Wildman–Crippen LogP) is 2.82. The van der Waals surface area contributed by atoms with Gasteiger partial charge in [0.1, 0.15) is 11.6 Å². The Morgan fingerprint density at radius 1 is 1.20 bits per heavy atom. The lowest BCUT2D eigenvalue weighted by molar-refractivity contribution is -0.133. The standard InChI is InChI=1S/C19H21FN4O/c20-14-4-1-3-13(11-14)16-12-17(16)19(25)24-9-6-15(7-10-24)22-18-5-2-8-21-23-18/h1-5,8,11,15-17H,6-7,9-10,12H2,(H,22,23)/t16-,17+/m0/s1. The number of likely N-dealkylation sites (tertiary alicyclic amines) is 1. The minimum Gasteiger partial charge on any atom is -0.366 e. The third-order valence-electron chi connectivity index (χ3n) is 5.12. The molecule has 1 saturated carbocycles. The summed E-state index contributed by atoms with van der Waals surface area (Å²) >= 11 is 0. The molecule has 25 heavy (non-hydrogen) atoms. The summed E-state index contributed by atoms with van der Waals surface area (Å²) in [6.07, 6.45) is 4.29. The van der Waals surface area contributed by atoms with E-state index in [1.54, 1.807) is 18.3 Å². The quantitative estimate of drug-likeness (QED) is 0.930. The zero-order chi connectivity index (χ0) is 17.2. The van der Waals surface area contributed by atoms with Gasteiger partial charge in [-0.2, -0.15) is 5.10 Å². The molecular formula is C19H21FN4O. The van der Waals surface area contributed by atoms with Crippen LogP contribution in [0.3, 0.4) is 0 Å². The minimum absolute atomic E-state index is 0.0197. The van der Waals surface area contributed by atoms with Gasteiger partial charge in [0.25, 0.3) is 0 Å². The molecule has 2 atom stereocenters. The van der Waals surface area contributed by atoms with E-state index in [9.17, 15) is 9.18 Å². The normalized spacial score (nSPS) is 23.3. The van der Waals surface area contributed by atoms with Gasteiger partial charge in [0.15, 0.2) is 0 Å². The van der Waals surface area contributed by atoms with Crippen molar-refractivity contribution in [2.24, 2.45) is 5.92 Å². The van der Waals surface area contributed by atoms with E-state index >= 15 is 0 Å². The second-order valence-corrected chi connectivity index (χ2v) is 6.86. The Morgan fingerprint density at radius 3 is 2.76 bits per heavy atom. The van der Waals surface area contributed by atoms with Gasteiger partial charge in [-0.15, -0.1) is 5.10 Å². The number of hydrogen-bond acceptors (Lipinski definition) is 4. The molecule has 2 aliphatic rings. The van der Waals surface area contributed by atoms with Crippen LogP contribution in [0.5, 0.6) is 0 Å². The van der Waals surface area contributed by atoms with Crippen LogP contribution in [0.1, 0.15) is 30.7 Å². The molecular weight excluding hydrogens is 319 g/mol. The van der Waals surface area contributed by atoms with Crippen molar-refractivity contribution >= 4 is 11.7 Å². The first-order valence-corrected chi connectivity index (χ1v) is 8.79. The Hall–Kier alpha value is -2.50. The fourth-order valence-corrected chi connectivity index (χ4v) is 3.64. The van der Waals surface area contributed by atoms with Crippen molar-refractivity contribution in [1.82, 2.24) is 15.1 Å². The van der Waals surface area contributed by atoms with Gasteiger partial charge in [-0.25, -0.2) is 4.39 Å². The monoisotopic (exact) mass is 340 g/mol. The van der Waals surface area contributed by atoms with Gasteiger partial charge >= 0.3 is 0 Å². The molecule has 2 fully saturated rings. The zero-order valence-corrected chi connectivity index (χ0v) is 13.9. The van der Waals surface area contributed by atoms with E-state index in [-0.39, 0.29) is 23.6 Å². The summed E-state index contributed by atoms with van der Waals surface area (Å²) in [6.45, 7) is 1.51. The largest absolute Gasteiger partial charge is 0.366 e. The van der Waals surface area contributed by atoms with Gasteiger partial charge in [0.05, 0.1) is 0 Å². The molecule has 2 heterocycles. The van der Waals surface area contributed by atoms with E-state index in [2.05, 4.69) is 15.5 Å². The van der Waals surface area contributed by atoms with Crippen molar-refractivity contribution in [3.05, 3.63) is 54.0 Å². The zero-order valence-electron chi connectivity index (χ0n) is 13.9. The number of aromatic nitrogens is 2. The van der Waals surface area contributed by atoms with E-state index in [0.717, 1.165) is 43.7 Å². The fraction of sp³-hybridized carbons (Fsp3) is 0.421. The Morgan fingerprint density at radius 2 is 2.04 bits per heavy atom. The highest BCUT2D eigenvalue weighted by Crippen LogP contribution is 2.48. The average molecular weight is 340 g/mol. The molecule has 1 aromatic heterocycles. The predicted molar refractivity (Wildman–Crippen MR) is 92.5 cm³/mol. The topological polar surface area (TPSA) is 58.1 Å². The molecule has 130 valence electrons. The van der Waals surface area contributed by atoms with Gasteiger partial charge in [-0.1, -0.05) is 12.1 Å². The molecule has 6 heteroatoms. The summed E-state index contributed by atoms with van der Waals surface area (Å²) < 4.78 is 13.3. The first-order chi connectivity index (χ1) is 12.2. The number of rotatable bonds is 4. The lowest BCUT2D eigenvalue weighted by atomic mass is 10.0. The van der Waals surface area contributed by atoms with Crippen LogP contribution in [-0.4, -0.2) is 40.1 Å². The van der Waals surface area contributed by atoms with Crippen molar-refractivity contribution in [2.45, 2.75) is 31.2 Å². The maximum atomic E-state index is 13.3. The van der Waals surface area contributed by atoms with Gasteiger partial charge in [0, 0.05) is 31.2 Å². The molecule has 0 spiro atoms. The van der Waals surface area contributed by atoms with Crippen molar-refractivity contribution in [1.29, 1.82) is 0 Å². The number of nitrogens with one attached hydrogen (secondary N) is 1. The Bertz CT molecular complexity index is 746. The second kappa shape index (κ2) is 6.78. The fourth-order valence-electron chi connectivity index (χ4n) is 3.64. The van der Waals surface area contributed by atoms with Crippen LogP contribution in [-0.2, 0) is 4.79 Å². The van der Waals surface area contributed by atoms with Crippen molar-refractivity contribution < 1.29 is 9.18 Å². The van der Waals surface area contributed by atoms with Gasteiger partial charge in [0.2, 0.25) is 5.91 Å². The molecule has 1 aliphatic carbocycles. The molecule has 1 saturated heterocycles. The first kappa shape index (κ1) is 16.0. The number of piperidine rings is 1. The van der Waals surface area contributed by atoms with Crippen LogP contribution in [0.25, 0.3) is 0 Å². The van der Waals surface area contributed by atoms with E-state index in [1.165, 1.54) is 6.07 Å². The smallest absolute Gasteiger partial charge is 0.226 e. The number of anilines is 1. The molecule has 4 rings (SSSR count). The SMILES string of the molecule is O=C([C@@H]1C[C@H]1c1cccc(F)c1)N1CCC(Nc2cccnn2)CC1. The van der Waals surface area contributed by atoms with E-state index in [4.69, 9.17) is 0 Å². The number of hydrogen-bond donors (Lipinski definition) is 1. The highest BCUT2D eigenvalue weighted by Gasteiger charge is 2.46. The summed E-state index contributed by atoms with van der Waals surface area (Å²) in [4.78, 5) is 14.6. The van der Waals surface area contributed by atoms with Gasteiger partial charge in [-0.05, 0) is 55.0 Å². The van der Waals surface area contributed by atoms with Crippen LogP contribution in [0, 0.1) is 11.7 Å². The van der Waals surface area contributed by atoms with Crippen LogP contribution in [0.15, 0.2) is 42.6 Å². The number of carbonyl (C=O) groups is 1. The van der Waals surface area contributed by atoms with Crippen LogP contribution >= 0.6 is 0 Å².